The van der Waals surface area contributed by atoms with Crippen molar-refractivity contribution < 1.29 is 95.3 Å². The van der Waals surface area contributed by atoms with Crippen molar-refractivity contribution >= 4 is 59.1 Å². The van der Waals surface area contributed by atoms with Crippen LogP contribution in [0.4, 0.5) is 0 Å². The Balaban J connectivity index is 0.000000124. The van der Waals surface area contributed by atoms with Crippen LogP contribution in [0.15, 0.2) is 121 Å². The lowest BCUT2D eigenvalue weighted by atomic mass is 9.76. The first-order valence-electron chi connectivity index (χ1n) is 51.1. The van der Waals surface area contributed by atoms with E-state index in [2.05, 4.69) is 32.8 Å². The van der Waals surface area contributed by atoms with Gasteiger partial charge in [0.1, 0.15) is 63.6 Å². The van der Waals surface area contributed by atoms with E-state index in [9.17, 15) is 47.9 Å². The number of benzene rings is 5. The van der Waals surface area contributed by atoms with Gasteiger partial charge in [0, 0.05) is 143 Å². The molecule has 10 fully saturated rings. The molecule has 30 heteroatoms. The van der Waals surface area contributed by atoms with Crippen LogP contribution in [-0.2, 0) is 47.9 Å². The number of likely N-dealkylation sites (tertiary alicyclic amines) is 5. The van der Waals surface area contributed by atoms with Gasteiger partial charge in [0.15, 0.2) is 57.5 Å². The lowest BCUT2D eigenvalue weighted by Gasteiger charge is -2.38. The lowest BCUT2D eigenvalue weighted by Crippen LogP contribution is -2.50. The fourth-order valence-corrected chi connectivity index (χ4v) is 23.3. The SMILES string of the molecule is CN(CCCCN1C(=O)CC2(CCCC2)CC1=O)CC1COc2ccccc2O1.CN(CCN1C(=O)CC2(CCCC2)CC1=O)CC1COc2ccccc2O1.O=C1CC2(CCCC2)CC(=O)N1CCCCNCC1COc2ccccc2O1.O=C1CC2(CCCC2)CC(=O)N1CCCNCC1COc2ccccc2O1.O=C1CC2(CCCC2)CC(=O)N1CCNCC1COc2ccccc2O1. The first-order valence-corrected chi connectivity index (χ1v) is 51.1. The topological polar surface area (TPSA) is 322 Å². The van der Waals surface area contributed by atoms with Gasteiger partial charge >= 0.3 is 0 Å². The predicted octanol–water partition coefficient (Wildman–Crippen LogP) is 13.3. The molecule has 10 aliphatic heterocycles. The molecule has 5 spiro atoms. The highest BCUT2D eigenvalue weighted by Gasteiger charge is 2.50. The highest BCUT2D eigenvalue weighted by molar-refractivity contribution is 6.01. The third kappa shape index (κ3) is 26.6. The van der Waals surface area contributed by atoms with Crippen molar-refractivity contribution in [3.8, 4) is 57.5 Å². The van der Waals surface area contributed by atoms with E-state index >= 15 is 0 Å². The second-order valence-electron chi connectivity index (χ2n) is 41.4. The van der Waals surface area contributed by atoms with Crippen LogP contribution in [0.25, 0.3) is 0 Å². The van der Waals surface area contributed by atoms with E-state index in [1.165, 1.54) is 24.5 Å². The molecule has 0 aromatic heterocycles. The van der Waals surface area contributed by atoms with Gasteiger partial charge in [-0.3, -0.25) is 72.4 Å². The average molecular weight is 1890 g/mol. The Morgan fingerprint density at radius 1 is 0.255 bits per heavy atom. The minimum absolute atomic E-state index is 0.00255. The summed E-state index contributed by atoms with van der Waals surface area (Å²) in [5.74, 6) is 8.07. The average Bonchev–Trinajstić information content (AvgIpc) is 1.72. The number of carbonyl (C=O) groups is 10. The molecular formula is C107H144N10O20. The molecule has 5 unspecified atom stereocenters. The summed E-state index contributed by atoms with van der Waals surface area (Å²) in [7, 11) is 4.06. The molecule has 5 saturated heterocycles. The van der Waals surface area contributed by atoms with Gasteiger partial charge in [-0.25, -0.2) is 0 Å². The number of likely N-dealkylation sites (N-methyl/N-ethyl adjacent to an activating group) is 2. The highest BCUT2D eigenvalue weighted by atomic mass is 16.6. The van der Waals surface area contributed by atoms with Crippen LogP contribution in [-0.4, -0.2) is 269 Å². The molecule has 3 N–H and O–H groups in total. The number of nitrogens with zero attached hydrogens (tertiary/aromatic N) is 7. The van der Waals surface area contributed by atoms with Crippen molar-refractivity contribution in [1.82, 2.24) is 50.2 Å². The molecule has 10 heterocycles. The molecule has 5 aromatic carbocycles. The first kappa shape index (κ1) is 99.6. The van der Waals surface area contributed by atoms with Crippen LogP contribution in [0.2, 0.25) is 0 Å². The van der Waals surface area contributed by atoms with Crippen LogP contribution in [0.1, 0.15) is 225 Å². The number of nitrogens with one attached hydrogen (secondary N) is 3. The van der Waals surface area contributed by atoms with E-state index in [-0.39, 0.29) is 117 Å². The van der Waals surface area contributed by atoms with Crippen LogP contribution in [0.3, 0.4) is 0 Å². The number of fused-ring (bicyclic) bond motifs is 5. The number of rotatable bonds is 30. The number of carbonyl (C=O) groups excluding carboxylic acids is 10. The summed E-state index contributed by atoms with van der Waals surface area (Å²) < 4.78 is 58.3. The number of hydrogen-bond acceptors (Lipinski definition) is 25. The Labute approximate surface area is 806 Å². The molecule has 10 amide bonds. The second kappa shape index (κ2) is 47.0. The van der Waals surface area contributed by atoms with E-state index in [1.807, 2.05) is 128 Å². The summed E-state index contributed by atoms with van der Waals surface area (Å²) in [4.78, 5) is 137. The summed E-state index contributed by atoms with van der Waals surface area (Å²) in [6.07, 6.45) is 31.6. The van der Waals surface area contributed by atoms with Gasteiger partial charge in [-0.1, -0.05) is 125 Å². The van der Waals surface area contributed by atoms with Crippen molar-refractivity contribution in [2.45, 2.75) is 255 Å². The Bertz CT molecular complexity index is 4860. The van der Waals surface area contributed by atoms with Crippen LogP contribution < -0.4 is 63.3 Å². The molecule has 5 saturated carbocycles. The van der Waals surface area contributed by atoms with Gasteiger partial charge in [0.2, 0.25) is 59.1 Å². The van der Waals surface area contributed by atoms with Crippen molar-refractivity contribution in [3.05, 3.63) is 121 Å². The van der Waals surface area contributed by atoms with Crippen LogP contribution >= 0.6 is 0 Å². The van der Waals surface area contributed by atoms with E-state index < -0.39 is 0 Å². The molecule has 15 aliphatic rings. The minimum atomic E-state index is -0.0700. The predicted molar refractivity (Wildman–Crippen MR) is 513 cm³/mol. The Morgan fingerprint density at radius 3 is 0.766 bits per heavy atom. The fraction of sp³-hybridized carbons (Fsp3) is 0.626. The van der Waals surface area contributed by atoms with Gasteiger partial charge in [-0.05, 0) is 218 Å². The Hall–Kier alpha value is -10.4. The van der Waals surface area contributed by atoms with Crippen molar-refractivity contribution in [2.24, 2.45) is 27.1 Å². The molecule has 30 nitrogen and oxygen atoms in total. The van der Waals surface area contributed by atoms with E-state index in [4.69, 9.17) is 47.4 Å². The Kier molecular flexibility index (Phi) is 34.2. The second-order valence-corrected chi connectivity index (χ2v) is 41.4. The maximum Gasteiger partial charge on any atom is 0.229 e. The molecule has 137 heavy (non-hydrogen) atoms. The Morgan fingerprint density at radius 2 is 0.474 bits per heavy atom. The summed E-state index contributed by atoms with van der Waals surface area (Å²) in [5, 5.41) is 10.0. The standard InChI is InChI=1S/C23H32N2O4.C22H30N2O4.2C21H28N2O4.C20H26N2O4/c1-24(16-18-17-28-19-8-2-3-9-20(19)29-18)12-6-7-13-25-21(26)14-23(15-22(25)27)10-4-5-11-23;25-20-13-22(9-3-4-10-22)14-21(26)24(20)12-6-5-11-23-15-17-16-27-18-7-1-2-8-19(18)28-17;1-22(14-16-15-26-17-6-2-3-7-18(17)27-16)10-11-23-19(24)12-21(13-20(23)25)8-4-5-9-21;24-19-12-21(8-3-4-9-21)13-20(25)23(19)11-5-10-22-14-16-15-26-17-6-1-2-7-18(17)27-16;23-18-11-20(7-3-4-8-20)12-19(24)22(18)10-9-21-13-15-14-25-16-5-1-2-6-17(16)26-15/h2-3,8-9,18H,4-7,10-17H2,1H3;1-2,7-8,17,23H,3-6,9-16H2;2-3,6-7,16H,4-5,8-15H2,1H3;1-2,6-7,16,22H,3-5,8-15H2;1-2,5-6,15,21H,3-4,7-14H2. The number of hydrogen-bond donors (Lipinski definition) is 3. The number of para-hydroxylation sites is 10. The van der Waals surface area contributed by atoms with Gasteiger partial charge in [-0.2, -0.15) is 0 Å². The summed E-state index contributed by atoms with van der Waals surface area (Å²) in [5.41, 5.74) is -0.0913. The van der Waals surface area contributed by atoms with E-state index in [0.717, 1.165) is 251 Å². The minimum Gasteiger partial charge on any atom is -0.486 e. The van der Waals surface area contributed by atoms with Crippen molar-refractivity contribution in [3.63, 3.8) is 0 Å². The summed E-state index contributed by atoms with van der Waals surface area (Å²) in [6.45, 7) is 12.3. The fourth-order valence-electron chi connectivity index (χ4n) is 23.3. The van der Waals surface area contributed by atoms with Crippen LogP contribution in [0, 0.1) is 27.1 Å². The largest absolute Gasteiger partial charge is 0.486 e. The molecule has 20 rings (SSSR count). The monoisotopic (exact) mass is 1890 g/mol. The van der Waals surface area contributed by atoms with Crippen LogP contribution in [0.5, 0.6) is 57.5 Å². The summed E-state index contributed by atoms with van der Waals surface area (Å²) >= 11 is 0. The van der Waals surface area contributed by atoms with E-state index in [1.54, 1.807) is 0 Å². The lowest BCUT2D eigenvalue weighted by molar-refractivity contribution is -0.155. The zero-order valence-corrected chi connectivity index (χ0v) is 80.6. The normalized spacial score (nSPS) is 23.8. The molecule has 742 valence electrons. The van der Waals surface area contributed by atoms with E-state index in [0.29, 0.717) is 163 Å². The zero-order valence-electron chi connectivity index (χ0n) is 80.6. The maximum absolute atomic E-state index is 12.5. The number of ether oxygens (including phenoxy) is 10. The third-order valence-corrected chi connectivity index (χ3v) is 30.7. The molecule has 5 aromatic rings. The van der Waals surface area contributed by atoms with Gasteiger partial charge in [0.05, 0.1) is 0 Å². The van der Waals surface area contributed by atoms with Gasteiger partial charge < -0.3 is 73.1 Å². The van der Waals surface area contributed by atoms with Gasteiger partial charge in [-0.15, -0.1) is 0 Å². The number of unbranched alkanes of at least 4 members (excludes halogenated alkanes) is 2. The zero-order chi connectivity index (χ0) is 95.2. The maximum atomic E-state index is 12.5. The quantitative estimate of drug-likeness (QED) is 0.0284. The molecule has 5 aliphatic carbocycles. The first-order chi connectivity index (χ1) is 66.5. The number of piperidine rings is 5. The van der Waals surface area contributed by atoms with Crippen molar-refractivity contribution in [2.75, 3.05) is 145 Å². The third-order valence-electron chi connectivity index (χ3n) is 30.7. The highest BCUT2D eigenvalue weighted by Crippen LogP contribution is 2.52. The summed E-state index contributed by atoms with van der Waals surface area (Å²) in [6, 6.07) is 38.4. The molecule has 5 atom stereocenters. The number of amides is 10. The smallest absolute Gasteiger partial charge is 0.229 e. The molecule has 0 bridgehead atoms. The molecular weight excluding hydrogens is 1750 g/mol. The van der Waals surface area contributed by atoms with Crippen molar-refractivity contribution in [1.29, 1.82) is 0 Å². The molecule has 0 radical (unpaired) electrons. The van der Waals surface area contributed by atoms with Gasteiger partial charge in [0.25, 0.3) is 0 Å². The number of imide groups is 5.